The Hall–Kier alpha value is -2.71. The van der Waals surface area contributed by atoms with Gasteiger partial charge in [-0.3, -0.25) is 10.3 Å². The molecule has 0 bridgehead atoms. The molecule has 2 aromatic rings. The summed E-state index contributed by atoms with van der Waals surface area (Å²) in [5.41, 5.74) is 3.48. The molecule has 8 heteroatoms. The minimum Gasteiger partial charge on any atom is -0.467 e. The third kappa shape index (κ3) is 2.77. The van der Waals surface area contributed by atoms with E-state index in [0.29, 0.717) is 16.8 Å². The third-order valence-electron chi connectivity index (χ3n) is 3.65. The molecule has 2 heterocycles. The van der Waals surface area contributed by atoms with E-state index in [4.69, 9.17) is 14.1 Å². The molecule has 0 spiro atoms. The van der Waals surface area contributed by atoms with Crippen LogP contribution in [0.5, 0.6) is 0 Å². The van der Waals surface area contributed by atoms with E-state index in [-0.39, 0.29) is 6.61 Å². The summed E-state index contributed by atoms with van der Waals surface area (Å²) in [5, 5.41) is 4.88. The van der Waals surface area contributed by atoms with Gasteiger partial charge in [0.25, 0.3) is 0 Å². The van der Waals surface area contributed by atoms with Crippen LogP contribution in [0.4, 0.5) is 4.39 Å². The Morgan fingerprint density at radius 1 is 1.42 bits per heavy atom. The molecule has 126 valence electrons. The fourth-order valence-electron chi connectivity index (χ4n) is 2.54. The minimum absolute atomic E-state index is 0.123. The zero-order valence-corrected chi connectivity index (χ0v) is 13.2. The fourth-order valence-corrected chi connectivity index (χ4v) is 2.54. The lowest BCUT2D eigenvalue weighted by atomic mass is 9.90. The highest BCUT2D eigenvalue weighted by Crippen LogP contribution is 2.36. The number of nitrogens with zero attached hydrogens (tertiary/aromatic N) is 2. The first-order chi connectivity index (χ1) is 11.6. The van der Waals surface area contributed by atoms with E-state index in [2.05, 4.69) is 10.6 Å². The molecule has 1 unspecified atom stereocenters. The standard InChI is InChI=1S/C16H16FN3O4/c1-11-7-16(15(21)22-2,13-3-5-14(17)6-4-13)20(19-11)24-10-12-8-18-23-9-12/h3-9,19H,10H2,1-2H3. The molecule has 1 aliphatic rings. The number of ether oxygens (including phenoxy) is 1. The largest absolute Gasteiger partial charge is 0.467 e. The molecule has 0 saturated carbocycles. The highest BCUT2D eigenvalue weighted by atomic mass is 19.1. The number of esters is 1. The average molecular weight is 333 g/mol. The molecule has 1 aromatic heterocycles. The number of carbonyl (C=O) groups is 1. The van der Waals surface area contributed by atoms with Gasteiger partial charge in [-0.2, -0.15) is 0 Å². The van der Waals surface area contributed by atoms with Gasteiger partial charge in [0.1, 0.15) is 18.7 Å². The number of hydrogen-bond acceptors (Lipinski definition) is 7. The number of carbonyl (C=O) groups excluding carboxylic acids is 1. The number of allylic oxidation sites excluding steroid dienone is 1. The predicted octanol–water partition coefficient (Wildman–Crippen LogP) is 2.04. The van der Waals surface area contributed by atoms with Gasteiger partial charge in [-0.1, -0.05) is 22.5 Å². The molecule has 0 aliphatic carbocycles. The van der Waals surface area contributed by atoms with Crippen molar-refractivity contribution in [1.82, 2.24) is 15.8 Å². The fraction of sp³-hybridized carbons (Fsp3) is 0.250. The second kappa shape index (κ2) is 6.42. The maximum absolute atomic E-state index is 13.3. The highest BCUT2D eigenvalue weighted by Gasteiger charge is 2.50. The Labute approximate surface area is 137 Å². The van der Waals surface area contributed by atoms with Gasteiger partial charge in [-0.25, -0.2) is 9.18 Å². The lowest BCUT2D eigenvalue weighted by Gasteiger charge is -2.33. The highest BCUT2D eigenvalue weighted by molar-refractivity contribution is 5.85. The summed E-state index contributed by atoms with van der Waals surface area (Å²) in [6, 6.07) is 5.58. The summed E-state index contributed by atoms with van der Waals surface area (Å²) in [7, 11) is 1.28. The molecule has 7 nitrogen and oxygen atoms in total. The molecule has 0 radical (unpaired) electrons. The van der Waals surface area contributed by atoms with Crippen LogP contribution in [0.2, 0.25) is 0 Å². The van der Waals surface area contributed by atoms with Crippen LogP contribution in [0, 0.1) is 5.82 Å². The first-order valence-corrected chi connectivity index (χ1v) is 7.18. The van der Waals surface area contributed by atoms with E-state index in [1.807, 2.05) is 0 Å². The Balaban J connectivity index is 1.96. The van der Waals surface area contributed by atoms with Crippen molar-refractivity contribution in [2.75, 3.05) is 7.11 Å². The molecular weight excluding hydrogens is 317 g/mol. The number of aromatic nitrogens is 1. The van der Waals surface area contributed by atoms with Crippen molar-refractivity contribution in [3.05, 3.63) is 65.4 Å². The molecule has 0 fully saturated rings. The first-order valence-electron chi connectivity index (χ1n) is 7.18. The summed E-state index contributed by atoms with van der Waals surface area (Å²) in [5.74, 6) is -0.967. The van der Waals surface area contributed by atoms with E-state index in [9.17, 15) is 9.18 Å². The monoisotopic (exact) mass is 333 g/mol. The summed E-state index contributed by atoms with van der Waals surface area (Å²) in [6.07, 6.45) is 4.61. The van der Waals surface area contributed by atoms with Crippen molar-refractivity contribution >= 4 is 5.97 Å². The second-order valence-corrected chi connectivity index (χ2v) is 5.30. The van der Waals surface area contributed by atoms with Gasteiger partial charge in [0.15, 0.2) is 0 Å². The van der Waals surface area contributed by atoms with E-state index in [1.54, 1.807) is 13.0 Å². The van der Waals surface area contributed by atoms with Crippen molar-refractivity contribution in [3.63, 3.8) is 0 Å². The summed E-state index contributed by atoms with van der Waals surface area (Å²) in [4.78, 5) is 18.3. The molecular formula is C16H16FN3O4. The second-order valence-electron chi connectivity index (χ2n) is 5.30. The molecule has 0 saturated heterocycles. The molecule has 1 aromatic carbocycles. The van der Waals surface area contributed by atoms with Crippen molar-refractivity contribution in [3.8, 4) is 0 Å². The minimum atomic E-state index is -1.37. The quantitative estimate of drug-likeness (QED) is 0.839. The van der Waals surface area contributed by atoms with Gasteiger partial charge in [0, 0.05) is 11.3 Å². The number of nitrogens with one attached hydrogen (secondary N) is 1. The number of hydrogen-bond donors (Lipinski definition) is 1. The topological polar surface area (TPSA) is 76.8 Å². The molecule has 24 heavy (non-hydrogen) atoms. The maximum atomic E-state index is 13.3. The molecule has 1 atom stereocenters. The van der Waals surface area contributed by atoms with Crippen molar-refractivity contribution in [2.45, 2.75) is 19.1 Å². The number of hydroxylamine groups is 1. The summed E-state index contributed by atoms with van der Waals surface area (Å²) in [6.45, 7) is 1.90. The summed E-state index contributed by atoms with van der Waals surface area (Å²) >= 11 is 0. The Morgan fingerprint density at radius 3 is 2.79 bits per heavy atom. The molecule has 1 aliphatic heterocycles. The molecule has 0 amide bonds. The van der Waals surface area contributed by atoms with Crippen LogP contribution >= 0.6 is 0 Å². The normalized spacial score (nSPS) is 20.5. The lowest BCUT2D eigenvalue weighted by Crippen LogP contribution is -2.52. The number of halogens is 1. The Bertz CT molecular complexity index is 745. The van der Waals surface area contributed by atoms with Crippen molar-refractivity contribution in [1.29, 1.82) is 0 Å². The number of rotatable bonds is 5. The Kier molecular flexibility index (Phi) is 4.32. The van der Waals surface area contributed by atoms with Gasteiger partial charge in [-0.15, -0.1) is 0 Å². The average Bonchev–Trinajstić information content (AvgIpc) is 3.21. The van der Waals surface area contributed by atoms with Crippen LogP contribution < -0.4 is 5.43 Å². The summed E-state index contributed by atoms with van der Waals surface area (Å²) < 4.78 is 23.0. The van der Waals surface area contributed by atoms with Gasteiger partial charge < -0.3 is 9.26 Å². The lowest BCUT2D eigenvalue weighted by molar-refractivity contribution is -0.245. The van der Waals surface area contributed by atoms with Crippen LogP contribution in [-0.4, -0.2) is 23.4 Å². The molecule has 1 N–H and O–H groups in total. The first kappa shape index (κ1) is 16.2. The van der Waals surface area contributed by atoms with Crippen molar-refractivity contribution in [2.24, 2.45) is 0 Å². The van der Waals surface area contributed by atoms with Crippen LogP contribution in [0.1, 0.15) is 18.1 Å². The third-order valence-corrected chi connectivity index (χ3v) is 3.65. The smallest absolute Gasteiger partial charge is 0.339 e. The van der Waals surface area contributed by atoms with Gasteiger partial charge in [-0.05, 0) is 30.7 Å². The van der Waals surface area contributed by atoms with E-state index in [1.165, 1.54) is 49.0 Å². The Morgan fingerprint density at radius 2 is 2.17 bits per heavy atom. The van der Waals surface area contributed by atoms with E-state index in [0.717, 1.165) is 0 Å². The van der Waals surface area contributed by atoms with E-state index >= 15 is 0 Å². The SMILES string of the molecule is COC(=O)C1(c2ccc(F)cc2)C=C(C)NN1OCc1cnoc1. The van der Waals surface area contributed by atoms with Crippen LogP contribution in [-0.2, 0) is 26.5 Å². The zero-order chi connectivity index (χ0) is 17.2. The van der Waals surface area contributed by atoms with Gasteiger partial charge >= 0.3 is 5.97 Å². The van der Waals surface area contributed by atoms with Gasteiger partial charge in [0.2, 0.25) is 5.54 Å². The van der Waals surface area contributed by atoms with Gasteiger partial charge in [0.05, 0.1) is 13.3 Å². The van der Waals surface area contributed by atoms with Crippen LogP contribution in [0.25, 0.3) is 0 Å². The van der Waals surface area contributed by atoms with Crippen molar-refractivity contribution < 1.29 is 23.3 Å². The number of methoxy groups -OCH3 is 1. The zero-order valence-electron chi connectivity index (χ0n) is 13.2. The van der Waals surface area contributed by atoms with Crippen LogP contribution in [0.3, 0.4) is 0 Å². The number of benzene rings is 1. The molecule has 3 rings (SSSR count). The van der Waals surface area contributed by atoms with Crippen LogP contribution in [0.15, 0.2) is 53.0 Å². The maximum Gasteiger partial charge on any atom is 0.339 e. The van der Waals surface area contributed by atoms with E-state index < -0.39 is 17.3 Å². The predicted molar refractivity (Wildman–Crippen MR) is 80.1 cm³/mol. The number of hydrazine groups is 1.